The van der Waals surface area contributed by atoms with E-state index < -0.39 is 13.4 Å². The minimum atomic E-state index is -0.611. The molecule has 0 heterocycles. The Morgan fingerprint density at radius 2 is 0.867 bits per heavy atom. The quantitative estimate of drug-likeness (QED) is 0.239. The fraction of sp³-hybridized carbons (Fsp3) is 0.571. The lowest BCUT2D eigenvalue weighted by Crippen LogP contribution is -2.58. The van der Waals surface area contributed by atoms with Crippen LogP contribution in [0.25, 0.3) is 0 Å². The van der Waals surface area contributed by atoms with Gasteiger partial charge in [0, 0.05) is 7.26 Å². The Labute approximate surface area is 189 Å². The van der Waals surface area contributed by atoms with Gasteiger partial charge in [0.2, 0.25) is 0 Å². The molecule has 0 aliphatic rings. The summed E-state index contributed by atoms with van der Waals surface area (Å²) in [5.41, 5.74) is 3.09. The Morgan fingerprint density at radius 3 is 1.10 bits per heavy atom. The zero-order valence-corrected chi connectivity index (χ0v) is 21.8. The van der Waals surface area contributed by atoms with Crippen molar-refractivity contribution in [1.82, 2.24) is 0 Å². The highest BCUT2D eigenvalue weighted by Gasteiger charge is 2.28. The van der Waals surface area contributed by atoms with Crippen molar-refractivity contribution < 1.29 is 0 Å². The zero-order chi connectivity index (χ0) is 22.3. The zero-order valence-electron chi connectivity index (χ0n) is 20.9. The summed E-state index contributed by atoms with van der Waals surface area (Å²) in [5.74, 6) is 0. The van der Waals surface area contributed by atoms with Crippen LogP contribution in [0.1, 0.15) is 67.2 Å². The van der Waals surface area contributed by atoms with Crippen molar-refractivity contribution in [2.24, 2.45) is 0 Å². The van der Waals surface area contributed by atoms with Gasteiger partial charge in [-0.05, 0) is 27.7 Å². The molecule has 0 aromatic heterocycles. The Hall–Kier alpha value is -1.07. The number of rotatable bonds is 12. The van der Waals surface area contributed by atoms with E-state index in [2.05, 4.69) is 102 Å². The Balaban J connectivity index is 0.000000424. The molecule has 0 bridgehead atoms. The largest absolute Gasteiger partial charge is 0.205 e. The highest BCUT2D eigenvalue weighted by molar-refractivity contribution is 7.75. The predicted molar refractivity (Wildman–Crippen MR) is 146 cm³/mol. The summed E-state index contributed by atoms with van der Waals surface area (Å²) >= 11 is 0. The third-order valence-corrected chi connectivity index (χ3v) is 13.0. The fourth-order valence-corrected chi connectivity index (χ4v) is 7.78. The van der Waals surface area contributed by atoms with E-state index in [1.54, 1.807) is 10.9 Å². The molecule has 2 aromatic rings. The maximum absolute atomic E-state index is 2.35. The topological polar surface area (TPSA) is 0 Å². The molecule has 0 nitrogen and oxygen atoms in total. The van der Waals surface area contributed by atoms with Crippen LogP contribution in [0.3, 0.4) is 0 Å². The Bertz CT molecular complexity index is 582. The number of hydrogen-bond donors (Lipinski definition) is 0. The van der Waals surface area contributed by atoms with Crippen LogP contribution in [-0.4, -0.2) is 30.8 Å². The molecule has 0 amide bonds. The summed E-state index contributed by atoms with van der Waals surface area (Å²) < 4.78 is 0. The summed E-state index contributed by atoms with van der Waals surface area (Å²) in [7, 11) is -0.420. The van der Waals surface area contributed by atoms with Crippen LogP contribution in [0.5, 0.6) is 0 Å². The second-order valence-corrected chi connectivity index (χ2v) is 14.2. The van der Waals surface area contributed by atoms with Crippen molar-refractivity contribution in [3.05, 3.63) is 60.7 Å². The molecule has 2 aromatic carbocycles. The van der Waals surface area contributed by atoms with Gasteiger partial charge in [-0.1, -0.05) is 100 Å². The molecule has 0 aliphatic heterocycles. The molecule has 30 heavy (non-hydrogen) atoms. The second-order valence-electron chi connectivity index (χ2n) is 8.96. The SMILES string of the molecule is CCCC[B-](CCCC)(c1ccccc1)c1ccccc1.CC[P+](CC)(CC)CC. The standard InChI is InChI=1S/C20H28B.C8H20P/c1-3-5-17-21(18-6-4-2,19-13-9-7-10-14-19)20-15-11-8-12-16-20;1-5-9(6-2,7-3)8-4/h7-16H,3-6,17-18H2,1-2H3;5-8H2,1-4H3/q-1;+1. The summed E-state index contributed by atoms with van der Waals surface area (Å²) in [4.78, 5) is 0. The van der Waals surface area contributed by atoms with Gasteiger partial charge < -0.3 is 0 Å². The van der Waals surface area contributed by atoms with E-state index >= 15 is 0 Å². The smallest absolute Gasteiger partial charge is 0.0565 e. The van der Waals surface area contributed by atoms with Gasteiger partial charge in [-0.15, -0.1) is 0 Å². The molecule has 0 radical (unpaired) electrons. The molecule has 0 atom stereocenters. The van der Waals surface area contributed by atoms with Crippen molar-refractivity contribution in [3.63, 3.8) is 0 Å². The first-order valence-corrected chi connectivity index (χ1v) is 15.3. The Kier molecular flexibility index (Phi) is 13.4. The van der Waals surface area contributed by atoms with Crippen LogP contribution in [0.4, 0.5) is 0 Å². The van der Waals surface area contributed by atoms with Crippen LogP contribution in [0, 0.1) is 0 Å². The van der Waals surface area contributed by atoms with Crippen molar-refractivity contribution in [2.75, 3.05) is 24.6 Å². The maximum atomic E-state index is 2.35. The van der Waals surface area contributed by atoms with Gasteiger partial charge in [0.25, 0.3) is 0 Å². The van der Waals surface area contributed by atoms with Crippen LogP contribution in [-0.2, 0) is 0 Å². The van der Waals surface area contributed by atoms with E-state index in [-0.39, 0.29) is 0 Å². The second kappa shape index (κ2) is 14.9. The molecule has 168 valence electrons. The van der Waals surface area contributed by atoms with Crippen molar-refractivity contribution >= 4 is 24.3 Å². The van der Waals surface area contributed by atoms with Crippen molar-refractivity contribution in [3.8, 4) is 0 Å². The normalized spacial score (nSPS) is 11.7. The number of unbranched alkanes of at least 4 members (excludes halogenated alkanes) is 2. The summed E-state index contributed by atoms with van der Waals surface area (Å²) in [6.45, 7) is 14.0. The minimum Gasteiger partial charge on any atom is -0.205 e. The summed E-state index contributed by atoms with van der Waals surface area (Å²) in [6.07, 6.45) is 13.0. The highest BCUT2D eigenvalue weighted by atomic mass is 31.2. The van der Waals surface area contributed by atoms with E-state index in [9.17, 15) is 0 Å². The van der Waals surface area contributed by atoms with E-state index in [1.807, 2.05) is 0 Å². The first kappa shape index (κ1) is 27.0. The number of benzene rings is 2. The molecule has 2 rings (SSSR count). The van der Waals surface area contributed by atoms with Crippen LogP contribution in [0.2, 0.25) is 12.6 Å². The molecule has 0 aliphatic carbocycles. The van der Waals surface area contributed by atoms with Gasteiger partial charge in [0.1, 0.15) is 0 Å². The summed E-state index contributed by atoms with van der Waals surface area (Å²) in [6, 6.07) is 22.5. The minimum absolute atomic E-state index is 0.420. The van der Waals surface area contributed by atoms with Gasteiger partial charge in [-0.3, -0.25) is 0 Å². The van der Waals surface area contributed by atoms with Crippen molar-refractivity contribution in [2.45, 2.75) is 79.9 Å². The lowest BCUT2D eigenvalue weighted by molar-refractivity contribution is 0.838. The molecule has 0 saturated heterocycles. The summed E-state index contributed by atoms with van der Waals surface area (Å²) in [5, 5.41) is 0. The van der Waals surface area contributed by atoms with Gasteiger partial charge in [0.05, 0.1) is 30.8 Å². The highest BCUT2D eigenvalue weighted by Crippen LogP contribution is 2.57. The monoisotopic (exact) mass is 426 g/mol. The number of hydrogen-bond acceptors (Lipinski definition) is 0. The van der Waals surface area contributed by atoms with E-state index in [1.165, 1.54) is 63.0 Å². The van der Waals surface area contributed by atoms with Crippen LogP contribution < -0.4 is 10.9 Å². The molecule has 0 unspecified atom stereocenters. The Morgan fingerprint density at radius 1 is 0.533 bits per heavy atom. The maximum Gasteiger partial charge on any atom is 0.0565 e. The average Bonchev–Trinajstić information content (AvgIpc) is 2.83. The van der Waals surface area contributed by atoms with Gasteiger partial charge in [-0.2, -0.15) is 12.6 Å². The van der Waals surface area contributed by atoms with Gasteiger partial charge >= 0.3 is 0 Å². The third kappa shape index (κ3) is 7.57. The molecule has 2 heteroatoms. The third-order valence-electron chi connectivity index (χ3n) is 7.66. The predicted octanol–water partition coefficient (Wildman–Crippen LogP) is 7.93. The average molecular weight is 426 g/mol. The molecule has 0 fully saturated rings. The molecule has 0 saturated carbocycles. The molecule has 0 spiro atoms. The van der Waals surface area contributed by atoms with E-state index in [0.29, 0.717) is 0 Å². The first-order chi connectivity index (χ1) is 14.6. The fourth-order valence-electron chi connectivity index (χ4n) is 5.09. The molecule has 0 N–H and O–H groups in total. The van der Waals surface area contributed by atoms with Gasteiger partial charge in [0.15, 0.2) is 0 Å². The lowest BCUT2D eigenvalue weighted by atomic mass is 9.15. The lowest BCUT2D eigenvalue weighted by Gasteiger charge is -2.42. The van der Waals surface area contributed by atoms with Crippen molar-refractivity contribution in [1.29, 1.82) is 0 Å². The molecular weight excluding hydrogens is 378 g/mol. The van der Waals surface area contributed by atoms with E-state index in [4.69, 9.17) is 0 Å². The van der Waals surface area contributed by atoms with Gasteiger partial charge in [-0.25, -0.2) is 10.9 Å². The molecular formula is C28H48BP. The first-order valence-electron chi connectivity index (χ1n) is 12.7. The van der Waals surface area contributed by atoms with Crippen LogP contribution in [0.15, 0.2) is 60.7 Å². The van der Waals surface area contributed by atoms with Crippen LogP contribution >= 0.6 is 7.26 Å². The van der Waals surface area contributed by atoms with E-state index in [0.717, 1.165) is 0 Å².